The molecule has 124 valence electrons. The first kappa shape index (κ1) is 16.1. The standard InChI is InChI=1S/C18H16F2N2O2/c1-10(12-7-6-11(19)8-15(12)20)21-18(24)14-9-17(23)22-16-5-3-2-4-13(14)16/h2-8,10,14H,9H2,1H3,(H,21,24)(H,22,23). The van der Waals surface area contributed by atoms with Crippen molar-refractivity contribution in [2.45, 2.75) is 25.3 Å². The zero-order valence-electron chi connectivity index (χ0n) is 13.0. The van der Waals surface area contributed by atoms with Gasteiger partial charge in [-0.2, -0.15) is 0 Å². The molecule has 2 atom stereocenters. The van der Waals surface area contributed by atoms with Gasteiger partial charge in [0.15, 0.2) is 0 Å². The topological polar surface area (TPSA) is 58.2 Å². The lowest BCUT2D eigenvalue weighted by Gasteiger charge is -2.26. The molecule has 0 saturated carbocycles. The highest BCUT2D eigenvalue weighted by Gasteiger charge is 2.31. The maximum Gasteiger partial charge on any atom is 0.228 e. The molecule has 3 rings (SSSR count). The van der Waals surface area contributed by atoms with E-state index in [1.165, 1.54) is 6.07 Å². The number of amides is 2. The van der Waals surface area contributed by atoms with Crippen LogP contribution in [0.1, 0.15) is 36.4 Å². The molecule has 0 bridgehead atoms. The third-order valence-corrected chi connectivity index (χ3v) is 4.10. The Balaban J connectivity index is 1.81. The maximum absolute atomic E-state index is 13.8. The summed E-state index contributed by atoms with van der Waals surface area (Å²) in [5, 5.41) is 5.43. The zero-order valence-corrected chi connectivity index (χ0v) is 13.0. The van der Waals surface area contributed by atoms with Crippen molar-refractivity contribution in [2.75, 3.05) is 5.32 Å². The van der Waals surface area contributed by atoms with Crippen LogP contribution in [0.25, 0.3) is 0 Å². The highest BCUT2D eigenvalue weighted by molar-refractivity contribution is 6.01. The smallest absolute Gasteiger partial charge is 0.228 e. The minimum absolute atomic E-state index is 0.0292. The van der Waals surface area contributed by atoms with E-state index >= 15 is 0 Å². The van der Waals surface area contributed by atoms with Crippen LogP contribution in [-0.4, -0.2) is 11.8 Å². The number of carbonyl (C=O) groups is 2. The average Bonchev–Trinajstić information content (AvgIpc) is 2.53. The van der Waals surface area contributed by atoms with E-state index in [1.54, 1.807) is 31.2 Å². The second-order valence-corrected chi connectivity index (χ2v) is 5.79. The molecule has 0 radical (unpaired) electrons. The molecule has 0 aliphatic carbocycles. The lowest BCUT2D eigenvalue weighted by molar-refractivity contribution is -0.126. The lowest BCUT2D eigenvalue weighted by atomic mass is 9.89. The van der Waals surface area contributed by atoms with Gasteiger partial charge < -0.3 is 10.6 Å². The largest absolute Gasteiger partial charge is 0.349 e. The summed E-state index contributed by atoms with van der Waals surface area (Å²) in [6.07, 6.45) is 0.0292. The van der Waals surface area contributed by atoms with Crippen molar-refractivity contribution in [1.29, 1.82) is 0 Å². The second-order valence-electron chi connectivity index (χ2n) is 5.79. The molecule has 2 unspecified atom stereocenters. The van der Waals surface area contributed by atoms with E-state index in [9.17, 15) is 18.4 Å². The minimum Gasteiger partial charge on any atom is -0.349 e. The molecule has 0 spiro atoms. The molecule has 1 aliphatic rings. The van der Waals surface area contributed by atoms with Crippen LogP contribution in [-0.2, 0) is 9.59 Å². The van der Waals surface area contributed by atoms with Gasteiger partial charge >= 0.3 is 0 Å². The first-order valence-corrected chi connectivity index (χ1v) is 7.60. The first-order valence-electron chi connectivity index (χ1n) is 7.60. The van der Waals surface area contributed by atoms with Crippen molar-refractivity contribution in [3.8, 4) is 0 Å². The molecule has 4 nitrogen and oxygen atoms in total. The fourth-order valence-electron chi connectivity index (χ4n) is 2.89. The van der Waals surface area contributed by atoms with Crippen LogP contribution in [0.4, 0.5) is 14.5 Å². The van der Waals surface area contributed by atoms with Crippen molar-refractivity contribution in [1.82, 2.24) is 5.32 Å². The Morgan fingerprint density at radius 2 is 2.00 bits per heavy atom. The van der Waals surface area contributed by atoms with Gasteiger partial charge in [-0.25, -0.2) is 8.78 Å². The quantitative estimate of drug-likeness (QED) is 0.907. The monoisotopic (exact) mass is 330 g/mol. The van der Waals surface area contributed by atoms with Crippen LogP contribution >= 0.6 is 0 Å². The summed E-state index contributed by atoms with van der Waals surface area (Å²) < 4.78 is 26.8. The molecule has 1 aliphatic heterocycles. The number of hydrogen-bond donors (Lipinski definition) is 2. The first-order chi connectivity index (χ1) is 11.5. The Morgan fingerprint density at radius 3 is 2.75 bits per heavy atom. The van der Waals surface area contributed by atoms with Crippen LogP contribution in [0.2, 0.25) is 0 Å². The number of anilines is 1. The van der Waals surface area contributed by atoms with Crippen molar-refractivity contribution in [2.24, 2.45) is 0 Å². The maximum atomic E-state index is 13.8. The summed E-state index contributed by atoms with van der Waals surface area (Å²) in [7, 11) is 0. The number of benzene rings is 2. The molecule has 2 aromatic carbocycles. The Bertz CT molecular complexity index is 807. The molecule has 6 heteroatoms. The molecule has 2 aromatic rings. The van der Waals surface area contributed by atoms with Crippen molar-refractivity contribution >= 4 is 17.5 Å². The number of halogens is 2. The predicted octanol–water partition coefficient (Wildman–Crippen LogP) is 3.27. The minimum atomic E-state index is -0.718. The number of rotatable bonds is 3. The number of fused-ring (bicyclic) bond motifs is 1. The van der Waals surface area contributed by atoms with Crippen molar-refractivity contribution < 1.29 is 18.4 Å². The van der Waals surface area contributed by atoms with E-state index in [0.29, 0.717) is 5.69 Å². The highest BCUT2D eigenvalue weighted by atomic mass is 19.1. The van der Waals surface area contributed by atoms with E-state index in [0.717, 1.165) is 17.7 Å². The number of carbonyl (C=O) groups excluding carboxylic acids is 2. The zero-order chi connectivity index (χ0) is 17.3. The van der Waals surface area contributed by atoms with Gasteiger partial charge in [-0.15, -0.1) is 0 Å². The molecule has 0 saturated heterocycles. The van der Waals surface area contributed by atoms with Crippen molar-refractivity contribution in [3.05, 3.63) is 65.2 Å². The fraction of sp³-hybridized carbons (Fsp3) is 0.222. The van der Waals surface area contributed by atoms with E-state index in [-0.39, 0.29) is 23.8 Å². The van der Waals surface area contributed by atoms with Gasteiger partial charge in [0.1, 0.15) is 11.6 Å². The predicted molar refractivity (Wildman–Crippen MR) is 85.3 cm³/mol. The second kappa shape index (κ2) is 6.39. The number of hydrogen-bond acceptors (Lipinski definition) is 2. The molecule has 1 heterocycles. The Kier molecular flexibility index (Phi) is 4.29. The number of nitrogens with one attached hydrogen (secondary N) is 2. The van der Waals surface area contributed by atoms with Crippen LogP contribution in [0, 0.1) is 11.6 Å². The summed E-state index contributed by atoms with van der Waals surface area (Å²) in [4.78, 5) is 24.4. The van der Waals surface area contributed by atoms with Gasteiger partial charge in [0.25, 0.3) is 0 Å². The molecule has 0 aromatic heterocycles. The molecule has 2 amide bonds. The van der Waals surface area contributed by atoms with Crippen LogP contribution < -0.4 is 10.6 Å². The summed E-state index contributed by atoms with van der Waals surface area (Å²) in [6.45, 7) is 1.61. The van der Waals surface area contributed by atoms with Gasteiger partial charge in [0.05, 0.1) is 12.0 Å². The van der Waals surface area contributed by atoms with E-state index in [2.05, 4.69) is 10.6 Å². The molecular formula is C18H16F2N2O2. The van der Waals surface area contributed by atoms with Crippen LogP contribution in [0.5, 0.6) is 0 Å². The third kappa shape index (κ3) is 3.13. The van der Waals surface area contributed by atoms with Crippen molar-refractivity contribution in [3.63, 3.8) is 0 Å². The lowest BCUT2D eigenvalue weighted by Crippen LogP contribution is -2.36. The summed E-state index contributed by atoms with van der Waals surface area (Å²) >= 11 is 0. The molecule has 0 fully saturated rings. The molecular weight excluding hydrogens is 314 g/mol. The highest BCUT2D eigenvalue weighted by Crippen LogP contribution is 2.32. The molecule has 24 heavy (non-hydrogen) atoms. The fourth-order valence-corrected chi connectivity index (χ4v) is 2.89. The Labute approximate surface area is 137 Å². The SMILES string of the molecule is CC(NC(=O)C1CC(=O)Nc2ccccc21)c1ccc(F)cc1F. The Hall–Kier alpha value is -2.76. The van der Waals surface area contributed by atoms with Gasteiger partial charge in [-0.1, -0.05) is 24.3 Å². The average molecular weight is 330 g/mol. The van der Waals surface area contributed by atoms with E-state index in [1.807, 2.05) is 0 Å². The van der Waals surface area contributed by atoms with Gasteiger partial charge in [0, 0.05) is 23.7 Å². The molecule has 2 N–H and O–H groups in total. The van der Waals surface area contributed by atoms with E-state index < -0.39 is 23.6 Å². The third-order valence-electron chi connectivity index (χ3n) is 4.10. The summed E-state index contributed by atoms with van der Waals surface area (Å²) in [5.41, 5.74) is 1.52. The summed E-state index contributed by atoms with van der Waals surface area (Å²) in [6, 6.07) is 9.66. The van der Waals surface area contributed by atoms with E-state index in [4.69, 9.17) is 0 Å². The Morgan fingerprint density at radius 1 is 1.25 bits per heavy atom. The van der Waals surface area contributed by atoms with Crippen LogP contribution in [0.15, 0.2) is 42.5 Å². The normalized spacial score (nSPS) is 17.6. The number of para-hydroxylation sites is 1. The van der Waals surface area contributed by atoms with Gasteiger partial charge in [-0.05, 0) is 24.6 Å². The summed E-state index contributed by atoms with van der Waals surface area (Å²) in [5.74, 6) is -2.64. The van der Waals surface area contributed by atoms with Gasteiger partial charge in [-0.3, -0.25) is 9.59 Å². The van der Waals surface area contributed by atoms with Gasteiger partial charge in [0.2, 0.25) is 11.8 Å². The van der Waals surface area contributed by atoms with Crippen LogP contribution in [0.3, 0.4) is 0 Å².